The Morgan fingerprint density at radius 3 is 2.00 bits per heavy atom. The summed E-state index contributed by atoms with van der Waals surface area (Å²) in [6.07, 6.45) is -0.218. The molecule has 6 nitrogen and oxygen atoms in total. The molecule has 0 amide bonds. The molecule has 0 aliphatic carbocycles. The van der Waals surface area contributed by atoms with E-state index in [2.05, 4.69) is 0 Å². The second-order valence-electron chi connectivity index (χ2n) is 1.91. The Morgan fingerprint density at radius 1 is 1.23 bits per heavy atom. The van der Waals surface area contributed by atoms with Gasteiger partial charge in [-0.15, -0.1) is 0 Å². The molecule has 0 aliphatic rings. The number of hydrogen-bond donors (Lipinski definition) is 3. The van der Waals surface area contributed by atoms with E-state index >= 15 is 0 Å². The van der Waals surface area contributed by atoms with Crippen LogP contribution in [0, 0.1) is 0 Å². The van der Waals surface area contributed by atoms with Crippen LogP contribution in [0.3, 0.4) is 0 Å². The number of hydrogen-bond acceptors (Lipinski definition) is 4. The molecule has 0 rings (SSSR count). The third-order valence-corrected chi connectivity index (χ3v) is 4.05. The predicted octanol–water partition coefficient (Wildman–Crippen LogP) is -1.73. The largest absolute Gasteiger partial charge is 0.396 e. The lowest BCUT2D eigenvalue weighted by Gasteiger charge is -2.03. The molecule has 0 aromatic heterocycles. The Labute approximate surface area is 80.9 Å². The minimum absolute atomic E-state index is 0.189. The molecule has 9 heteroatoms. The monoisotopic (exact) mass is 246 g/mol. The zero-order valence-electron chi connectivity index (χ0n) is 6.24. The summed E-state index contributed by atoms with van der Waals surface area (Å²) in [5.74, 6) is 0. The molecule has 76 valence electrons. The molecule has 0 spiro atoms. The van der Waals surface area contributed by atoms with Crippen LogP contribution in [0.1, 0.15) is 6.42 Å². The lowest BCUT2D eigenvalue weighted by atomic mass is 10.3. The molecule has 0 unspecified atom stereocenters. The molecule has 0 aromatic rings. The van der Waals surface area contributed by atoms with Gasteiger partial charge in [-0.3, -0.25) is 4.57 Å². The minimum Gasteiger partial charge on any atom is -0.396 e. The molecule has 0 aromatic carbocycles. The van der Waals surface area contributed by atoms with Crippen molar-refractivity contribution in [1.29, 1.82) is 0 Å². The van der Waals surface area contributed by atoms with Gasteiger partial charge >= 0.3 is 7.60 Å². The van der Waals surface area contributed by atoms with E-state index in [0.717, 1.165) is 0 Å². The fourth-order valence-electron chi connectivity index (χ4n) is 0.543. The smallest absolute Gasteiger partial charge is 0.370 e. The van der Waals surface area contributed by atoms with Crippen LogP contribution < -0.4 is 0 Å². The molecule has 3 N–H and O–H groups in total. The first-order chi connectivity index (χ1) is 5.97. The quantitative estimate of drug-likeness (QED) is 0.401. The van der Waals surface area contributed by atoms with Crippen molar-refractivity contribution in [3.05, 3.63) is 0 Å². The summed E-state index contributed by atoms with van der Waals surface area (Å²) in [6, 6.07) is 0. The van der Waals surface area contributed by atoms with Gasteiger partial charge in [0.05, 0.1) is 16.1 Å². The second-order valence-corrected chi connectivity index (χ2v) is 4.98. The van der Waals surface area contributed by atoms with Crippen LogP contribution in [-0.2, 0) is 27.1 Å². The van der Waals surface area contributed by atoms with Crippen molar-refractivity contribution in [1.82, 2.24) is 0 Å². The average Bonchev–Trinajstić information content (AvgIpc) is 2.01. The van der Waals surface area contributed by atoms with Crippen LogP contribution >= 0.6 is 7.60 Å². The van der Waals surface area contributed by atoms with Gasteiger partial charge in [0.25, 0.3) is 0 Å². The van der Waals surface area contributed by atoms with E-state index in [-0.39, 0.29) is 22.5 Å². The van der Waals surface area contributed by atoms with Crippen molar-refractivity contribution in [2.45, 2.75) is 6.42 Å². The van der Waals surface area contributed by atoms with Crippen LogP contribution in [0.2, 0.25) is 0 Å². The van der Waals surface area contributed by atoms with Gasteiger partial charge in [-0.1, -0.05) is 0 Å². The predicted molar refractivity (Wildman–Crippen MR) is 50.0 cm³/mol. The van der Waals surface area contributed by atoms with Crippen LogP contribution in [0.4, 0.5) is 0 Å². The lowest BCUT2D eigenvalue weighted by Crippen LogP contribution is -2.15. The molecule has 0 radical (unpaired) electrons. The number of rotatable bonds is 4. The van der Waals surface area contributed by atoms with Gasteiger partial charge < -0.3 is 14.9 Å². The van der Waals surface area contributed by atoms with E-state index in [0.29, 0.717) is 0 Å². The highest BCUT2D eigenvalue weighted by Gasteiger charge is 2.27. The van der Waals surface area contributed by atoms with Crippen molar-refractivity contribution in [2.75, 3.05) is 6.61 Å². The van der Waals surface area contributed by atoms with E-state index in [1.807, 2.05) is 0 Å². The first-order valence-corrected chi connectivity index (χ1v) is 6.06. The summed E-state index contributed by atoms with van der Waals surface area (Å²) in [5, 5.41) is 8.43. The van der Waals surface area contributed by atoms with Crippen molar-refractivity contribution in [3.8, 4) is 0 Å². The zero-order valence-corrected chi connectivity index (χ0v) is 8.77. The highest BCUT2D eigenvalue weighted by atomic mass is 32.1. The molecule has 0 aliphatic heterocycles. The minimum atomic E-state index is -4.68. The maximum atomic E-state index is 10.6. The van der Waals surface area contributed by atoms with Gasteiger partial charge in [0.1, 0.15) is 11.3 Å². The maximum absolute atomic E-state index is 10.6. The van der Waals surface area contributed by atoms with E-state index < -0.39 is 30.1 Å². The SMILES string of the molecule is O=S=C(CCO)C(=S=O)P(=O)(O)O. The fourth-order valence-corrected chi connectivity index (χ4v) is 2.48. The summed E-state index contributed by atoms with van der Waals surface area (Å²) in [7, 11) is -4.68. The first-order valence-electron chi connectivity index (χ1n) is 2.97. The standard InChI is InChI=1S/C4H7O6PS2/c5-2-1-3(12-9)4(13-10)11(6,7)8/h5H,1-2H2,(H2,6,7,8). The molecule has 0 saturated heterocycles. The van der Waals surface area contributed by atoms with Gasteiger partial charge in [-0.05, 0) is 0 Å². The van der Waals surface area contributed by atoms with Crippen LogP contribution in [0.5, 0.6) is 0 Å². The summed E-state index contributed by atoms with van der Waals surface area (Å²) in [5.41, 5.74) is 0. The number of aliphatic hydroxyl groups excluding tert-OH is 1. The highest BCUT2D eigenvalue weighted by Crippen LogP contribution is 2.36. The summed E-state index contributed by atoms with van der Waals surface area (Å²) >= 11 is -0.605. The van der Waals surface area contributed by atoms with E-state index in [9.17, 15) is 13.0 Å². The van der Waals surface area contributed by atoms with Crippen LogP contribution in [0.25, 0.3) is 0 Å². The highest BCUT2D eigenvalue weighted by molar-refractivity contribution is 7.96. The summed E-state index contributed by atoms with van der Waals surface area (Å²) < 4.78 is 30.4. The van der Waals surface area contributed by atoms with E-state index in [4.69, 9.17) is 14.9 Å². The van der Waals surface area contributed by atoms with E-state index in [1.165, 1.54) is 0 Å². The van der Waals surface area contributed by atoms with Gasteiger partial charge in [0.15, 0.2) is 4.61 Å². The lowest BCUT2D eigenvalue weighted by molar-refractivity contribution is 0.308. The average molecular weight is 246 g/mol. The molecular weight excluding hydrogens is 239 g/mol. The van der Waals surface area contributed by atoms with Crippen molar-refractivity contribution >= 4 is 39.6 Å². The first kappa shape index (κ1) is 12.9. The number of aliphatic hydroxyl groups is 1. The fraction of sp³-hybridized carbons (Fsp3) is 0.500. The molecule has 0 fully saturated rings. The Balaban J connectivity index is 5.14. The Kier molecular flexibility index (Phi) is 5.54. The zero-order chi connectivity index (χ0) is 10.5. The summed E-state index contributed by atoms with van der Waals surface area (Å²) in [4.78, 5) is 16.9. The maximum Gasteiger partial charge on any atom is 0.370 e. The normalized spacial score (nSPS) is 10.7. The molecule has 13 heavy (non-hydrogen) atoms. The Hall–Kier alpha value is -0.110. The van der Waals surface area contributed by atoms with Crippen molar-refractivity contribution in [3.63, 3.8) is 0 Å². The second kappa shape index (κ2) is 5.58. The topological polar surface area (TPSA) is 112 Å². The molecule has 0 saturated carbocycles. The van der Waals surface area contributed by atoms with E-state index in [1.54, 1.807) is 0 Å². The van der Waals surface area contributed by atoms with Gasteiger partial charge in [-0.25, -0.2) is 8.42 Å². The van der Waals surface area contributed by atoms with Crippen molar-refractivity contribution in [2.24, 2.45) is 0 Å². The third-order valence-electron chi connectivity index (χ3n) is 1.02. The molecule has 0 heterocycles. The van der Waals surface area contributed by atoms with Gasteiger partial charge in [-0.2, -0.15) is 0 Å². The summed E-state index contributed by atoms with van der Waals surface area (Å²) in [6.45, 7) is -0.436. The van der Waals surface area contributed by atoms with Crippen LogP contribution in [0.15, 0.2) is 0 Å². The Bertz CT molecular complexity index is 333. The van der Waals surface area contributed by atoms with Crippen LogP contribution in [-0.4, -0.2) is 39.4 Å². The Morgan fingerprint density at radius 2 is 1.77 bits per heavy atom. The molecular formula is C4H7O6PS2. The van der Waals surface area contributed by atoms with Gasteiger partial charge in [0.2, 0.25) is 0 Å². The molecule has 0 bridgehead atoms. The van der Waals surface area contributed by atoms with Gasteiger partial charge in [0, 0.05) is 13.0 Å². The molecule has 0 atom stereocenters. The third kappa shape index (κ3) is 4.08. The van der Waals surface area contributed by atoms with Crippen molar-refractivity contribution < 1.29 is 27.9 Å².